The van der Waals surface area contributed by atoms with Gasteiger partial charge < -0.3 is 4.74 Å². The Morgan fingerprint density at radius 2 is 2.25 bits per heavy atom. The van der Waals surface area contributed by atoms with Crippen molar-refractivity contribution in [2.24, 2.45) is 0 Å². The van der Waals surface area contributed by atoms with Crippen LogP contribution in [0.25, 0.3) is 0 Å². The predicted molar refractivity (Wildman–Crippen MR) is 51.5 cm³/mol. The van der Waals surface area contributed by atoms with Crippen LogP contribution in [-0.2, 0) is 10.3 Å². The minimum atomic E-state index is -0.228. The zero-order valence-electron chi connectivity index (χ0n) is 8.05. The van der Waals surface area contributed by atoms with E-state index in [4.69, 9.17) is 4.74 Å². The minimum absolute atomic E-state index is 0.228. The topological polar surface area (TPSA) is 22.1 Å². The number of nitrogens with zero attached hydrogens (tertiary/aromatic N) is 1. The van der Waals surface area contributed by atoms with Crippen LogP contribution in [0.2, 0.25) is 0 Å². The van der Waals surface area contributed by atoms with Crippen LogP contribution in [0.3, 0.4) is 0 Å². The summed E-state index contributed by atoms with van der Waals surface area (Å²) in [6.07, 6.45) is 0. The Balaban J connectivity index is 2.81. The first-order valence-electron chi connectivity index (χ1n) is 4.13. The van der Waals surface area contributed by atoms with E-state index in [-0.39, 0.29) is 5.60 Å². The first kappa shape index (κ1) is 9.68. The fraction of sp³-hybridized carbons (Fsp3) is 0.667. The molecule has 1 aromatic rings. The van der Waals surface area contributed by atoms with Crippen molar-refractivity contribution in [2.75, 3.05) is 6.61 Å². The van der Waals surface area contributed by atoms with Crippen molar-refractivity contribution in [1.82, 2.24) is 4.98 Å². The highest BCUT2D eigenvalue weighted by molar-refractivity contribution is 7.09. The minimum Gasteiger partial charge on any atom is -0.369 e. The van der Waals surface area contributed by atoms with Gasteiger partial charge in [-0.1, -0.05) is 0 Å². The Bertz CT molecular complexity index is 255. The molecule has 1 aromatic heterocycles. The van der Waals surface area contributed by atoms with Gasteiger partial charge in [0.1, 0.15) is 10.6 Å². The van der Waals surface area contributed by atoms with E-state index in [1.54, 1.807) is 11.3 Å². The molecule has 1 rings (SSSR count). The number of ether oxygens (including phenoxy) is 1. The second-order valence-corrected chi connectivity index (χ2v) is 4.10. The van der Waals surface area contributed by atoms with Gasteiger partial charge in [0.15, 0.2) is 0 Å². The molecule has 0 atom stereocenters. The van der Waals surface area contributed by atoms with Crippen molar-refractivity contribution in [1.29, 1.82) is 0 Å². The van der Waals surface area contributed by atoms with Crippen LogP contribution in [0.4, 0.5) is 0 Å². The van der Waals surface area contributed by atoms with Gasteiger partial charge in [-0.3, -0.25) is 0 Å². The van der Waals surface area contributed by atoms with Gasteiger partial charge in [0.05, 0.1) is 0 Å². The summed E-state index contributed by atoms with van der Waals surface area (Å²) in [7, 11) is 0. The van der Waals surface area contributed by atoms with E-state index in [1.807, 2.05) is 13.8 Å². The summed E-state index contributed by atoms with van der Waals surface area (Å²) in [4.78, 5) is 4.39. The Labute approximate surface area is 77.6 Å². The van der Waals surface area contributed by atoms with Crippen molar-refractivity contribution >= 4 is 11.3 Å². The molecule has 0 amide bonds. The van der Waals surface area contributed by atoms with Crippen LogP contribution >= 0.6 is 11.3 Å². The van der Waals surface area contributed by atoms with Crippen LogP contribution in [0, 0.1) is 6.92 Å². The highest BCUT2D eigenvalue weighted by Crippen LogP contribution is 2.27. The van der Waals surface area contributed by atoms with Gasteiger partial charge in [0, 0.05) is 17.7 Å². The molecular weight excluding hydrogens is 170 g/mol. The van der Waals surface area contributed by atoms with Gasteiger partial charge in [-0.2, -0.15) is 0 Å². The lowest BCUT2D eigenvalue weighted by Crippen LogP contribution is -2.21. The summed E-state index contributed by atoms with van der Waals surface area (Å²) in [5, 5.41) is 3.11. The molecule has 0 radical (unpaired) electrons. The molecule has 0 saturated heterocycles. The Kier molecular flexibility index (Phi) is 2.85. The first-order valence-corrected chi connectivity index (χ1v) is 5.01. The van der Waals surface area contributed by atoms with Gasteiger partial charge in [-0.05, 0) is 27.7 Å². The number of hydrogen-bond acceptors (Lipinski definition) is 3. The molecule has 0 aliphatic rings. The second-order valence-electron chi connectivity index (χ2n) is 3.24. The van der Waals surface area contributed by atoms with Crippen molar-refractivity contribution in [3.05, 3.63) is 16.1 Å². The molecule has 0 aromatic carbocycles. The van der Waals surface area contributed by atoms with Crippen molar-refractivity contribution in [3.8, 4) is 0 Å². The van der Waals surface area contributed by atoms with E-state index in [0.29, 0.717) is 0 Å². The normalized spacial score (nSPS) is 12.0. The van der Waals surface area contributed by atoms with Crippen molar-refractivity contribution in [2.45, 2.75) is 33.3 Å². The quantitative estimate of drug-likeness (QED) is 0.722. The number of thiazole rings is 1. The molecule has 0 fully saturated rings. The summed E-state index contributed by atoms with van der Waals surface area (Å²) in [5.41, 5.74) is 0.844. The molecule has 0 saturated carbocycles. The fourth-order valence-electron chi connectivity index (χ4n) is 1.05. The maximum Gasteiger partial charge on any atom is 0.124 e. The Morgan fingerprint density at radius 3 is 2.67 bits per heavy atom. The van der Waals surface area contributed by atoms with E-state index in [0.717, 1.165) is 17.3 Å². The van der Waals surface area contributed by atoms with Gasteiger partial charge in [-0.25, -0.2) is 4.98 Å². The number of rotatable bonds is 3. The molecule has 2 nitrogen and oxygen atoms in total. The van der Waals surface area contributed by atoms with Crippen molar-refractivity contribution < 1.29 is 4.74 Å². The summed E-state index contributed by atoms with van der Waals surface area (Å²) in [6, 6.07) is 0. The zero-order valence-corrected chi connectivity index (χ0v) is 8.86. The first-order chi connectivity index (χ1) is 5.56. The molecular formula is C9H15NOS. The van der Waals surface area contributed by atoms with Gasteiger partial charge in [0.25, 0.3) is 0 Å². The van der Waals surface area contributed by atoms with E-state index in [9.17, 15) is 0 Å². The van der Waals surface area contributed by atoms with Crippen LogP contribution in [-0.4, -0.2) is 11.6 Å². The average molecular weight is 185 g/mol. The van der Waals surface area contributed by atoms with Gasteiger partial charge in [-0.15, -0.1) is 11.3 Å². The van der Waals surface area contributed by atoms with E-state index >= 15 is 0 Å². The maximum absolute atomic E-state index is 5.58. The molecule has 3 heteroatoms. The molecule has 12 heavy (non-hydrogen) atoms. The average Bonchev–Trinajstić information content (AvgIpc) is 2.36. The van der Waals surface area contributed by atoms with Crippen LogP contribution in [0.5, 0.6) is 0 Å². The molecule has 0 bridgehead atoms. The molecule has 68 valence electrons. The number of aromatic nitrogens is 1. The summed E-state index contributed by atoms with van der Waals surface area (Å²) in [6.45, 7) is 8.83. The molecule has 0 unspecified atom stereocenters. The predicted octanol–water partition coefficient (Wildman–Crippen LogP) is 2.72. The van der Waals surface area contributed by atoms with E-state index < -0.39 is 0 Å². The summed E-state index contributed by atoms with van der Waals surface area (Å²) in [5.74, 6) is 0. The highest BCUT2D eigenvalue weighted by atomic mass is 32.1. The van der Waals surface area contributed by atoms with Crippen LogP contribution < -0.4 is 0 Å². The van der Waals surface area contributed by atoms with E-state index in [1.165, 1.54) is 0 Å². The standard InChI is InChI=1S/C9H15NOS/c1-5-11-9(3,4)8-10-7(2)6-12-8/h6H,5H2,1-4H3. The lowest BCUT2D eigenvalue weighted by molar-refractivity contribution is -0.0142. The molecule has 0 spiro atoms. The summed E-state index contributed by atoms with van der Waals surface area (Å²) < 4.78 is 5.58. The number of hydrogen-bond donors (Lipinski definition) is 0. The molecule has 1 heterocycles. The lowest BCUT2D eigenvalue weighted by atomic mass is 10.1. The fourth-order valence-corrected chi connectivity index (χ4v) is 1.93. The maximum atomic E-state index is 5.58. The second kappa shape index (κ2) is 3.54. The van der Waals surface area contributed by atoms with Gasteiger partial charge in [0.2, 0.25) is 0 Å². The van der Waals surface area contributed by atoms with Crippen molar-refractivity contribution in [3.63, 3.8) is 0 Å². The molecule has 0 aliphatic carbocycles. The third kappa shape index (κ3) is 2.05. The van der Waals surface area contributed by atoms with E-state index in [2.05, 4.69) is 24.2 Å². The monoisotopic (exact) mass is 185 g/mol. The Hall–Kier alpha value is -0.410. The largest absolute Gasteiger partial charge is 0.369 e. The third-order valence-corrected chi connectivity index (χ3v) is 2.90. The molecule has 0 aliphatic heterocycles. The van der Waals surface area contributed by atoms with Gasteiger partial charge >= 0.3 is 0 Å². The van der Waals surface area contributed by atoms with Crippen LogP contribution in [0.1, 0.15) is 31.5 Å². The highest BCUT2D eigenvalue weighted by Gasteiger charge is 2.23. The van der Waals surface area contributed by atoms with Crippen LogP contribution in [0.15, 0.2) is 5.38 Å². The number of aryl methyl sites for hydroxylation is 1. The third-order valence-electron chi connectivity index (χ3n) is 1.64. The zero-order chi connectivity index (χ0) is 9.19. The smallest absolute Gasteiger partial charge is 0.124 e. The molecule has 0 N–H and O–H groups in total. The Morgan fingerprint density at radius 1 is 1.58 bits per heavy atom. The SMILES string of the molecule is CCOC(C)(C)c1nc(C)cs1. The lowest BCUT2D eigenvalue weighted by Gasteiger charge is -2.21. The summed E-state index contributed by atoms with van der Waals surface area (Å²) >= 11 is 1.66.